The van der Waals surface area contributed by atoms with Crippen LogP contribution in [0.2, 0.25) is 0 Å². The summed E-state index contributed by atoms with van der Waals surface area (Å²) in [4.78, 5) is 25.5. The van der Waals surface area contributed by atoms with Gasteiger partial charge >= 0.3 is 0 Å². The van der Waals surface area contributed by atoms with Gasteiger partial charge in [-0.15, -0.1) is 0 Å². The SMILES string of the molecule is O=C(c1cc(N2CCCCC2)ncn1)N1CCc2ccccc21. The van der Waals surface area contributed by atoms with Crippen molar-refractivity contribution in [2.24, 2.45) is 0 Å². The molecule has 0 saturated carbocycles. The summed E-state index contributed by atoms with van der Waals surface area (Å²) < 4.78 is 0. The maximum Gasteiger partial charge on any atom is 0.277 e. The lowest BCUT2D eigenvalue weighted by Crippen LogP contribution is -2.32. The van der Waals surface area contributed by atoms with Crippen LogP contribution >= 0.6 is 0 Å². The minimum absolute atomic E-state index is 0.0318. The molecule has 0 spiro atoms. The molecule has 2 aliphatic rings. The first-order valence-electron chi connectivity index (χ1n) is 8.30. The predicted molar refractivity (Wildman–Crippen MR) is 89.9 cm³/mol. The Morgan fingerprint density at radius 2 is 1.83 bits per heavy atom. The molecule has 2 aromatic rings. The number of anilines is 2. The molecule has 1 aromatic heterocycles. The number of fused-ring (bicyclic) bond motifs is 1. The van der Waals surface area contributed by atoms with E-state index >= 15 is 0 Å². The van der Waals surface area contributed by atoms with Crippen molar-refractivity contribution in [3.8, 4) is 0 Å². The van der Waals surface area contributed by atoms with Crippen LogP contribution < -0.4 is 9.80 Å². The van der Waals surface area contributed by atoms with Crippen molar-refractivity contribution in [3.63, 3.8) is 0 Å². The van der Waals surface area contributed by atoms with E-state index in [2.05, 4.69) is 20.9 Å². The molecule has 2 aliphatic heterocycles. The Bertz CT molecular complexity index is 724. The molecule has 118 valence electrons. The molecule has 1 aromatic carbocycles. The summed E-state index contributed by atoms with van der Waals surface area (Å²) in [6.07, 6.45) is 6.07. The van der Waals surface area contributed by atoms with Crippen molar-refractivity contribution in [1.82, 2.24) is 9.97 Å². The minimum atomic E-state index is -0.0318. The highest BCUT2D eigenvalue weighted by Gasteiger charge is 2.26. The number of nitrogens with zero attached hydrogens (tertiary/aromatic N) is 4. The van der Waals surface area contributed by atoms with E-state index < -0.39 is 0 Å². The molecule has 1 fully saturated rings. The second-order valence-electron chi connectivity index (χ2n) is 6.14. The van der Waals surface area contributed by atoms with Gasteiger partial charge in [0.2, 0.25) is 0 Å². The Hall–Kier alpha value is -2.43. The van der Waals surface area contributed by atoms with E-state index in [0.29, 0.717) is 5.69 Å². The summed E-state index contributed by atoms with van der Waals surface area (Å²) in [7, 11) is 0. The van der Waals surface area contributed by atoms with E-state index in [-0.39, 0.29) is 5.91 Å². The molecule has 1 saturated heterocycles. The smallest absolute Gasteiger partial charge is 0.277 e. The van der Waals surface area contributed by atoms with E-state index in [4.69, 9.17) is 0 Å². The molecule has 1 amide bonds. The fourth-order valence-electron chi connectivity index (χ4n) is 3.45. The second-order valence-corrected chi connectivity index (χ2v) is 6.14. The van der Waals surface area contributed by atoms with Crippen LogP contribution in [0.1, 0.15) is 35.3 Å². The molecule has 5 nitrogen and oxygen atoms in total. The van der Waals surface area contributed by atoms with Crippen LogP contribution in [0.3, 0.4) is 0 Å². The van der Waals surface area contributed by atoms with E-state index in [1.54, 1.807) is 0 Å². The third kappa shape index (κ3) is 2.67. The summed E-state index contributed by atoms with van der Waals surface area (Å²) in [5.41, 5.74) is 2.72. The van der Waals surface area contributed by atoms with Crippen LogP contribution in [0.5, 0.6) is 0 Å². The van der Waals surface area contributed by atoms with Crippen LogP contribution in [-0.4, -0.2) is 35.5 Å². The van der Waals surface area contributed by atoms with Gasteiger partial charge in [0.05, 0.1) is 0 Å². The molecule has 0 bridgehead atoms. The maximum atomic E-state index is 12.9. The number of benzene rings is 1. The summed E-state index contributed by atoms with van der Waals surface area (Å²) in [5.74, 6) is 0.839. The highest BCUT2D eigenvalue weighted by molar-refractivity contribution is 6.06. The topological polar surface area (TPSA) is 49.3 Å². The van der Waals surface area contributed by atoms with Crippen LogP contribution in [0.25, 0.3) is 0 Å². The molecule has 0 N–H and O–H groups in total. The molecule has 0 radical (unpaired) electrons. The number of rotatable bonds is 2. The van der Waals surface area contributed by atoms with Crippen LogP contribution in [0.15, 0.2) is 36.7 Å². The monoisotopic (exact) mass is 308 g/mol. The van der Waals surface area contributed by atoms with Gasteiger partial charge in [0.1, 0.15) is 17.8 Å². The van der Waals surface area contributed by atoms with Gasteiger partial charge in [-0.2, -0.15) is 0 Å². The zero-order valence-electron chi connectivity index (χ0n) is 13.1. The summed E-state index contributed by atoms with van der Waals surface area (Å²) in [5, 5.41) is 0. The van der Waals surface area contributed by atoms with Gasteiger partial charge in [-0.3, -0.25) is 4.79 Å². The number of carbonyl (C=O) groups excluding carboxylic acids is 1. The Kier molecular flexibility index (Phi) is 3.69. The highest BCUT2D eigenvalue weighted by atomic mass is 16.2. The van der Waals surface area contributed by atoms with Crippen LogP contribution in [-0.2, 0) is 6.42 Å². The van der Waals surface area contributed by atoms with Gasteiger partial charge in [0.15, 0.2) is 0 Å². The number of aromatic nitrogens is 2. The van der Waals surface area contributed by atoms with Crippen molar-refractivity contribution in [2.75, 3.05) is 29.4 Å². The number of hydrogen-bond acceptors (Lipinski definition) is 4. The molecular weight excluding hydrogens is 288 g/mol. The molecule has 4 rings (SSSR count). The van der Waals surface area contributed by atoms with Crippen molar-refractivity contribution in [2.45, 2.75) is 25.7 Å². The Morgan fingerprint density at radius 1 is 1.00 bits per heavy atom. The van der Waals surface area contributed by atoms with Crippen LogP contribution in [0, 0.1) is 0 Å². The zero-order chi connectivity index (χ0) is 15.6. The number of carbonyl (C=O) groups is 1. The lowest BCUT2D eigenvalue weighted by molar-refractivity contribution is 0.0984. The van der Waals surface area contributed by atoms with Gasteiger partial charge in [-0.1, -0.05) is 18.2 Å². The van der Waals surface area contributed by atoms with Crippen molar-refractivity contribution >= 4 is 17.4 Å². The molecule has 5 heteroatoms. The van der Waals surface area contributed by atoms with E-state index in [1.165, 1.54) is 31.2 Å². The van der Waals surface area contributed by atoms with Gasteiger partial charge in [-0.25, -0.2) is 9.97 Å². The van der Waals surface area contributed by atoms with Gasteiger partial charge in [0, 0.05) is 31.4 Å². The molecule has 0 aliphatic carbocycles. The van der Waals surface area contributed by atoms with E-state index in [1.807, 2.05) is 29.2 Å². The highest BCUT2D eigenvalue weighted by Crippen LogP contribution is 2.29. The third-order valence-electron chi connectivity index (χ3n) is 4.68. The first-order chi connectivity index (χ1) is 11.3. The average molecular weight is 308 g/mol. The Balaban J connectivity index is 1.60. The van der Waals surface area contributed by atoms with Crippen molar-refractivity contribution in [3.05, 3.63) is 47.9 Å². The lowest BCUT2D eigenvalue weighted by Gasteiger charge is -2.27. The third-order valence-corrected chi connectivity index (χ3v) is 4.68. The molecule has 23 heavy (non-hydrogen) atoms. The largest absolute Gasteiger partial charge is 0.357 e. The zero-order valence-corrected chi connectivity index (χ0v) is 13.1. The second kappa shape index (κ2) is 5.99. The normalized spacial score (nSPS) is 17.2. The van der Waals surface area contributed by atoms with E-state index in [0.717, 1.165) is 37.6 Å². The lowest BCUT2D eigenvalue weighted by atomic mass is 10.1. The molecule has 3 heterocycles. The molecule has 0 unspecified atom stereocenters. The predicted octanol–water partition coefficient (Wildman–Crippen LogP) is 2.67. The minimum Gasteiger partial charge on any atom is -0.357 e. The summed E-state index contributed by atoms with van der Waals surface area (Å²) in [6, 6.07) is 9.93. The maximum absolute atomic E-state index is 12.9. The summed E-state index contributed by atoms with van der Waals surface area (Å²) in [6.45, 7) is 2.75. The van der Waals surface area contributed by atoms with E-state index in [9.17, 15) is 4.79 Å². The van der Waals surface area contributed by atoms with Gasteiger partial charge in [0.25, 0.3) is 5.91 Å². The number of piperidine rings is 1. The van der Waals surface area contributed by atoms with Crippen LogP contribution in [0.4, 0.5) is 11.5 Å². The van der Waals surface area contributed by atoms with Gasteiger partial charge < -0.3 is 9.80 Å². The number of hydrogen-bond donors (Lipinski definition) is 0. The standard InChI is InChI=1S/C18H20N4O/c23-18(22-11-8-14-6-2-3-7-16(14)22)15-12-17(20-13-19-15)21-9-4-1-5-10-21/h2-3,6-7,12-13H,1,4-5,8-11H2. The summed E-state index contributed by atoms with van der Waals surface area (Å²) >= 11 is 0. The first-order valence-corrected chi connectivity index (χ1v) is 8.30. The quantitative estimate of drug-likeness (QED) is 0.856. The fraction of sp³-hybridized carbons (Fsp3) is 0.389. The van der Waals surface area contributed by atoms with Crippen molar-refractivity contribution in [1.29, 1.82) is 0 Å². The Morgan fingerprint density at radius 3 is 2.70 bits per heavy atom. The first kappa shape index (κ1) is 14.2. The number of amides is 1. The molecule has 0 atom stereocenters. The fourth-order valence-corrected chi connectivity index (χ4v) is 3.45. The van der Waals surface area contributed by atoms with Gasteiger partial charge in [-0.05, 0) is 37.3 Å². The Labute approximate surface area is 136 Å². The number of para-hydroxylation sites is 1. The average Bonchev–Trinajstić information content (AvgIpc) is 3.06. The molecular formula is C18H20N4O. The van der Waals surface area contributed by atoms with Crippen molar-refractivity contribution < 1.29 is 4.79 Å².